The molecule has 0 amide bonds. The lowest BCUT2D eigenvalue weighted by Crippen LogP contribution is -1.84. The number of anilines is 1. The summed E-state index contributed by atoms with van der Waals surface area (Å²) in [5, 5.41) is 2.95. The first-order chi connectivity index (χ1) is 4.43. The molecule has 0 aliphatic rings. The van der Waals surface area contributed by atoms with Gasteiger partial charge in [-0.25, -0.2) is 0 Å². The Morgan fingerprint density at radius 2 is 2.11 bits per heavy atom. The maximum absolute atomic E-state index is 2.98. The topological polar surface area (TPSA) is 27.8 Å². The normalized spacial score (nSPS) is 7.44. The van der Waals surface area contributed by atoms with Crippen LogP contribution in [0.2, 0.25) is 0 Å². The van der Waals surface area contributed by atoms with E-state index in [0.29, 0.717) is 0 Å². The minimum Gasteiger partial charge on any atom is -0.375 e. The second kappa shape index (κ2) is 5.22. The average molecular weight is 126 g/mol. The Morgan fingerprint density at radius 1 is 1.44 bits per heavy atom. The van der Waals surface area contributed by atoms with Gasteiger partial charge in [0.25, 0.3) is 0 Å². The lowest BCUT2D eigenvalue weighted by molar-refractivity contribution is 1.35. The van der Waals surface area contributed by atoms with E-state index in [0.717, 1.165) is 5.82 Å². The molecule has 0 aromatic carbocycles. The van der Waals surface area contributed by atoms with Crippen molar-refractivity contribution in [3.8, 4) is 0 Å². The van der Waals surface area contributed by atoms with Crippen molar-refractivity contribution in [2.75, 3.05) is 12.4 Å². The van der Waals surface area contributed by atoms with Crippen LogP contribution in [0.5, 0.6) is 0 Å². The molecule has 0 aliphatic heterocycles. The van der Waals surface area contributed by atoms with Gasteiger partial charge in [0.05, 0.1) is 0 Å². The van der Waals surface area contributed by atoms with Gasteiger partial charge in [0.15, 0.2) is 0 Å². The van der Waals surface area contributed by atoms with Crippen LogP contribution < -0.4 is 5.32 Å². The molecule has 2 nitrogen and oxygen atoms in total. The van der Waals surface area contributed by atoms with Crippen LogP contribution in [0.1, 0.15) is 13.8 Å². The Kier molecular flexibility index (Phi) is 4.69. The molecule has 2 heteroatoms. The van der Waals surface area contributed by atoms with Crippen molar-refractivity contribution in [1.82, 2.24) is 4.98 Å². The van der Waals surface area contributed by atoms with Crippen molar-refractivity contribution in [2.45, 2.75) is 13.8 Å². The van der Waals surface area contributed by atoms with Crippen LogP contribution in [-0.2, 0) is 0 Å². The maximum atomic E-state index is 2.98. The van der Waals surface area contributed by atoms with Crippen LogP contribution in [0.15, 0.2) is 18.3 Å². The molecule has 0 saturated carbocycles. The maximum Gasteiger partial charge on any atom is 0.102 e. The van der Waals surface area contributed by atoms with Crippen molar-refractivity contribution in [1.29, 1.82) is 0 Å². The third kappa shape index (κ3) is 2.80. The molecule has 0 spiro atoms. The van der Waals surface area contributed by atoms with E-state index in [9.17, 15) is 0 Å². The van der Waals surface area contributed by atoms with E-state index in [2.05, 4.69) is 10.3 Å². The quantitative estimate of drug-likeness (QED) is 0.592. The van der Waals surface area contributed by atoms with E-state index in [-0.39, 0.29) is 0 Å². The van der Waals surface area contributed by atoms with Gasteiger partial charge in [-0.1, -0.05) is 13.8 Å². The monoisotopic (exact) mass is 126 g/mol. The lowest BCUT2D eigenvalue weighted by atomic mass is 10.6. The summed E-state index contributed by atoms with van der Waals surface area (Å²) in [5.74, 6) is 1.06. The first kappa shape index (κ1) is 8.08. The van der Waals surface area contributed by atoms with Gasteiger partial charge in [-0.15, -0.1) is 0 Å². The molecule has 52 valence electrons. The van der Waals surface area contributed by atoms with E-state index >= 15 is 0 Å². The van der Waals surface area contributed by atoms with Crippen LogP contribution in [0.4, 0.5) is 5.82 Å². The van der Waals surface area contributed by atoms with Gasteiger partial charge in [-0.2, -0.15) is 0 Å². The Morgan fingerprint density at radius 3 is 2.33 bits per heavy atom. The summed E-state index contributed by atoms with van der Waals surface area (Å²) in [4.78, 5) is 2.98. The molecule has 0 atom stereocenters. The summed E-state index contributed by atoms with van der Waals surface area (Å²) >= 11 is 0. The van der Waals surface area contributed by atoms with Crippen LogP contribution in [0.25, 0.3) is 0 Å². The summed E-state index contributed by atoms with van der Waals surface area (Å²) in [6, 6.07) is 3.92. The number of aromatic nitrogens is 1. The molecule has 0 unspecified atom stereocenters. The van der Waals surface area contributed by atoms with E-state index in [1.165, 1.54) is 0 Å². The number of hydrogen-bond acceptors (Lipinski definition) is 1. The Hall–Kier alpha value is -0.920. The molecule has 0 bridgehead atoms. The zero-order valence-corrected chi connectivity index (χ0v) is 6.23. The number of rotatable bonds is 1. The standard InChI is InChI=1S/C5H8N2.C2H6/c1-6-5-3-2-4-7-5;1-2/h2-4,6-7H,1H3;1-2H3. The number of hydrogen-bond donors (Lipinski definition) is 2. The fourth-order valence-corrected chi connectivity index (χ4v) is 0.486. The fourth-order valence-electron chi connectivity index (χ4n) is 0.486. The third-order valence-electron chi connectivity index (χ3n) is 0.867. The molecule has 0 fully saturated rings. The Balaban J connectivity index is 0.000000291. The van der Waals surface area contributed by atoms with Crippen molar-refractivity contribution in [2.24, 2.45) is 0 Å². The highest BCUT2D eigenvalue weighted by Crippen LogP contribution is 1.96. The van der Waals surface area contributed by atoms with E-state index < -0.39 is 0 Å². The van der Waals surface area contributed by atoms with Gasteiger partial charge in [0, 0.05) is 13.2 Å². The van der Waals surface area contributed by atoms with Crippen LogP contribution >= 0.6 is 0 Å². The summed E-state index contributed by atoms with van der Waals surface area (Å²) in [6.45, 7) is 4.00. The van der Waals surface area contributed by atoms with Gasteiger partial charge in [-0.3, -0.25) is 0 Å². The summed E-state index contributed by atoms with van der Waals surface area (Å²) < 4.78 is 0. The highest BCUT2D eigenvalue weighted by molar-refractivity contribution is 5.32. The van der Waals surface area contributed by atoms with Crippen LogP contribution in [0.3, 0.4) is 0 Å². The summed E-state index contributed by atoms with van der Waals surface area (Å²) in [6.07, 6.45) is 1.88. The molecule has 0 radical (unpaired) electrons. The first-order valence-corrected chi connectivity index (χ1v) is 3.24. The Labute approximate surface area is 56.3 Å². The van der Waals surface area contributed by atoms with Crippen LogP contribution in [-0.4, -0.2) is 12.0 Å². The van der Waals surface area contributed by atoms with E-state index in [1.807, 2.05) is 39.2 Å². The predicted octanol–water partition coefficient (Wildman–Crippen LogP) is 2.08. The molecular formula is C7H14N2. The van der Waals surface area contributed by atoms with E-state index in [1.54, 1.807) is 0 Å². The average Bonchev–Trinajstić information content (AvgIpc) is 2.43. The minimum atomic E-state index is 1.06. The first-order valence-electron chi connectivity index (χ1n) is 3.24. The van der Waals surface area contributed by atoms with Gasteiger partial charge in [0.2, 0.25) is 0 Å². The second-order valence-electron chi connectivity index (χ2n) is 1.33. The number of nitrogens with one attached hydrogen (secondary N) is 2. The number of H-pyrrole nitrogens is 1. The fraction of sp³-hybridized carbons (Fsp3) is 0.429. The van der Waals surface area contributed by atoms with Crippen molar-refractivity contribution in [3.05, 3.63) is 18.3 Å². The molecule has 9 heavy (non-hydrogen) atoms. The lowest BCUT2D eigenvalue weighted by Gasteiger charge is -1.87. The van der Waals surface area contributed by atoms with Crippen molar-refractivity contribution in [3.63, 3.8) is 0 Å². The zero-order chi connectivity index (χ0) is 7.11. The minimum absolute atomic E-state index is 1.06. The largest absolute Gasteiger partial charge is 0.375 e. The van der Waals surface area contributed by atoms with Crippen molar-refractivity contribution >= 4 is 5.82 Å². The highest BCUT2D eigenvalue weighted by atomic mass is 14.9. The second-order valence-corrected chi connectivity index (χ2v) is 1.33. The molecule has 1 aromatic rings. The summed E-state index contributed by atoms with van der Waals surface area (Å²) in [7, 11) is 1.88. The van der Waals surface area contributed by atoms with Gasteiger partial charge < -0.3 is 10.3 Å². The third-order valence-corrected chi connectivity index (χ3v) is 0.867. The smallest absolute Gasteiger partial charge is 0.102 e. The number of aromatic amines is 1. The molecule has 1 heterocycles. The molecule has 1 aromatic heterocycles. The highest BCUT2D eigenvalue weighted by Gasteiger charge is 1.78. The zero-order valence-electron chi connectivity index (χ0n) is 6.23. The molecule has 1 rings (SSSR count). The predicted molar refractivity (Wildman–Crippen MR) is 41.7 cm³/mol. The van der Waals surface area contributed by atoms with Crippen LogP contribution in [0, 0.1) is 0 Å². The van der Waals surface area contributed by atoms with Gasteiger partial charge in [0.1, 0.15) is 5.82 Å². The van der Waals surface area contributed by atoms with Gasteiger partial charge >= 0.3 is 0 Å². The molecule has 2 N–H and O–H groups in total. The molecule has 0 aliphatic carbocycles. The van der Waals surface area contributed by atoms with Gasteiger partial charge in [-0.05, 0) is 12.1 Å². The molecular weight excluding hydrogens is 112 g/mol. The Bertz CT molecular complexity index is 121. The SMILES string of the molecule is CC.CNc1ccc[nH]1. The van der Waals surface area contributed by atoms with E-state index in [4.69, 9.17) is 0 Å². The van der Waals surface area contributed by atoms with Crippen molar-refractivity contribution < 1.29 is 0 Å². The molecule has 0 saturated heterocycles. The summed E-state index contributed by atoms with van der Waals surface area (Å²) in [5.41, 5.74) is 0.